The molecule has 0 spiro atoms. The Labute approximate surface area is 164 Å². The van der Waals surface area contributed by atoms with Gasteiger partial charge in [-0.3, -0.25) is 4.79 Å². The smallest absolute Gasteiger partial charge is 0.224 e. The zero-order valence-corrected chi connectivity index (χ0v) is 17.4. The lowest BCUT2D eigenvalue weighted by Crippen LogP contribution is -2.15. The van der Waals surface area contributed by atoms with Crippen LogP contribution in [-0.4, -0.2) is 20.1 Å². The highest BCUT2D eigenvalue weighted by atomic mass is 79.9. The van der Waals surface area contributed by atoms with Crippen molar-refractivity contribution in [3.63, 3.8) is 0 Å². The van der Waals surface area contributed by atoms with Crippen LogP contribution in [-0.2, 0) is 24.1 Å². The molecule has 0 fully saturated rings. The third-order valence-electron chi connectivity index (χ3n) is 4.44. The highest BCUT2D eigenvalue weighted by molar-refractivity contribution is 9.10. The Morgan fingerprint density at radius 3 is 2.12 bits per heavy atom. The van der Waals surface area contributed by atoms with Crippen LogP contribution in [0.5, 0.6) is 11.5 Å². The molecule has 0 unspecified atom stereocenters. The zero-order valence-electron chi connectivity index (χ0n) is 15.8. The Morgan fingerprint density at radius 1 is 1.00 bits per heavy atom. The van der Waals surface area contributed by atoms with E-state index in [0.29, 0.717) is 24.3 Å². The van der Waals surface area contributed by atoms with Gasteiger partial charge in [0.2, 0.25) is 5.91 Å². The van der Waals surface area contributed by atoms with Crippen LogP contribution in [0.4, 0.5) is 5.69 Å². The van der Waals surface area contributed by atoms with Crippen molar-refractivity contribution in [2.24, 2.45) is 0 Å². The van der Waals surface area contributed by atoms with Gasteiger partial charge in [-0.1, -0.05) is 48.0 Å². The molecular weight excluding hydrogens is 394 g/mol. The van der Waals surface area contributed by atoms with E-state index in [1.54, 1.807) is 14.2 Å². The molecule has 0 saturated carbocycles. The predicted molar refractivity (Wildman–Crippen MR) is 109 cm³/mol. The van der Waals surface area contributed by atoms with Gasteiger partial charge in [-0.05, 0) is 48.1 Å². The number of carbonyl (C=O) groups excluding carboxylic acids is 1. The number of amides is 1. The first kappa shape index (κ1) is 20.3. The predicted octanol–water partition coefficient (Wildman–Crippen LogP) is 5.16. The van der Waals surface area contributed by atoms with Crippen molar-refractivity contribution in [1.82, 2.24) is 0 Å². The van der Waals surface area contributed by atoms with E-state index in [9.17, 15) is 4.79 Å². The largest absolute Gasteiger partial charge is 0.493 e. The van der Waals surface area contributed by atoms with Crippen LogP contribution in [0.2, 0.25) is 0 Å². The van der Waals surface area contributed by atoms with E-state index in [-0.39, 0.29) is 5.91 Å². The molecule has 0 aliphatic rings. The molecule has 0 saturated heterocycles. The van der Waals surface area contributed by atoms with Crippen molar-refractivity contribution in [3.05, 3.63) is 51.5 Å². The Morgan fingerprint density at radius 2 is 1.58 bits per heavy atom. The van der Waals surface area contributed by atoms with Crippen molar-refractivity contribution in [3.8, 4) is 11.5 Å². The van der Waals surface area contributed by atoms with Crippen LogP contribution in [0.3, 0.4) is 0 Å². The molecule has 2 aromatic carbocycles. The number of aryl methyl sites for hydroxylation is 3. The van der Waals surface area contributed by atoms with Gasteiger partial charge >= 0.3 is 0 Å². The Bertz CT molecular complexity index is 752. The summed E-state index contributed by atoms with van der Waals surface area (Å²) in [6.07, 6.45) is 2.80. The lowest BCUT2D eigenvalue weighted by Gasteiger charge is -2.15. The summed E-state index contributed by atoms with van der Waals surface area (Å²) in [5.41, 5.74) is 4.32. The molecule has 1 amide bonds. The van der Waals surface area contributed by atoms with Gasteiger partial charge in [0.25, 0.3) is 0 Å². The van der Waals surface area contributed by atoms with E-state index in [1.807, 2.05) is 18.2 Å². The van der Waals surface area contributed by atoms with Gasteiger partial charge < -0.3 is 14.8 Å². The first-order valence-electron chi connectivity index (χ1n) is 8.84. The molecule has 0 aliphatic carbocycles. The molecule has 4 nitrogen and oxygen atoms in total. The topological polar surface area (TPSA) is 47.6 Å². The second-order valence-corrected chi connectivity index (χ2v) is 6.86. The molecule has 0 radical (unpaired) electrons. The maximum absolute atomic E-state index is 12.5. The molecule has 0 atom stereocenters. The zero-order chi connectivity index (χ0) is 19.1. The molecule has 140 valence electrons. The van der Waals surface area contributed by atoms with Crippen LogP contribution >= 0.6 is 15.9 Å². The quantitative estimate of drug-likeness (QED) is 0.642. The number of para-hydroxylation sites is 1. The van der Waals surface area contributed by atoms with E-state index >= 15 is 0 Å². The summed E-state index contributed by atoms with van der Waals surface area (Å²) in [4.78, 5) is 12.5. The maximum Gasteiger partial charge on any atom is 0.224 e. The average molecular weight is 420 g/mol. The Kier molecular flexibility index (Phi) is 7.51. The molecule has 0 aliphatic heterocycles. The number of nitrogens with one attached hydrogen (secondary N) is 1. The fraction of sp³-hybridized carbons (Fsp3) is 0.381. The monoisotopic (exact) mass is 419 g/mol. The third kappa shape index (κ3) is 4.79. The second-order valence-electron chi connectivity index (χ2n) is 6.01. The lowest BCUT2D eigenvalue weighted by molar-refractivity contribution is -0.116. The molecule has 0 heterocycles. The van der Waals surface area contributed by atoms with Crippen molar-refractivity contribution in [2.75, 3.05) is 19.5 Å². The fourth-order valence-electron chi connectivity index (χ4n) is 2.94. The number of halogens is 1. The number of methoxy groups -OCH3 is 2. The number of rotatable bonds is 8. The van der Waals surface area contributed by atoms with Gasteiger partial charge in [-0.25, -0.2) is 0 Å². The van der Waals surface area contributed by atoms with Crippen molar-refractivity contribution in [1.29, 1.82) is 0 Å². The molecule has 26 heavy (non-hydrogen) atoms. The second kappa shape index (κ2) is 9.62. The van der Waals surface area contributed by atoms with Crippen LogP contribution in [0.1, 0.15) is 37.0 Å². The highest BCUT2D eigenvalue weighted by Gasteiger charge is 2.13. The first-order chi connectivity index (χ1) is 12.5. The highest BCUT2D eigenvalue weighted by Crippen LogP contribution is 2.34. The normalized spacial score (nSPS) is 10.5. The van der Waals surface area contributed by atoms with Gasteiger partial charge in [-0.15, -0.1) is 0 Å². The van der Waals surface area contributed by atoms with E-state index in [0.717, 1.165) is 28.6 Å². The summed E-state index contributed by atoms with van der Waals surface area (Å²) in [6.45, 7) is 4.20. The number of hydrogen-bond acceptors (Lipinski definition) is 3. The van der Waals surface area contributed by atoms with Crippen LogP contribution in [0.25, 0.3) is 0 Å². The van der Waals surface area contributed by atoms with E-state index < -0.39 is 0 Å². The van der Waals surface area contributed by atoms with Crippen molar-refractivity contribution < 1.29 is 14.3 Å². The number of carbonyl (C=O) groups is 1. The van der Waals surface area contributed by atoms with E-state index in [4.69, 9.17) is 9.47 Å². The summed E-state index contributed by atoms with van der Waals surface area (Å²) in [7, 11) is 3.21. The van der Waals surface area contributed by atoms with Gasteiger partial charge in [0.1, 0.15) is 0 Å². The van der Waals surface area contributed by atoms with E-state index in [1.165, 1.54) is 11.1 Å². The number of benzene rings is 2. The van der Waals surface area contributed by atoms with Crippen molar-refractivity contribution >= 4 is 27.5 Å². The fourth-order valence-corrected chi connectivity index (χ4v) is 3.46. The van der Waals surface area contributed by atoms with Gasteiger partial charge in [0.05, 0.1) is 14.2 Å². The minimum atomic E-state index is 0.0160. The molecule has 0 aromatic heterocycles. The van der Waals surface area contributed by atoms with Crippen LogP contribution < -0.4 is 14.8 Å². The minimum absolute atomic E-state index is 0.0160. The third-order valence-corrected chi connectivity index (χ3v) is 5.18. The van der Waals surface area contributed by atoms with Gasteiger partial charge in [0.15, 0.2) is 11.5 Å². The molecule has 5 heteroatoms. The van der Waals surface area contributed by atoms with Gasteiger partial charge in [-0.2, -0.15) is 0 Å². The summed E-state index contributed by atoms with van der Waals surface area (Å²) < 4.78 is 11.6. The molecule has 2 rings (SSSR count). The minimum Gasteiger partial charge on any atom is -0.493 e. The molecular formula is C21H26BrNO3. The van der Waals surface area contributed by atoms with Crippen LogP contribution in [0, 0.1) is 0 Å². The first-order valence-corrected chi connectivity index (χ1v) is 9.64. The lowest BCUT2D eigenvalue weighted by atomic mass is 10.0. The average Bonchev–Trinajstić information content (AvgIpc) is 2.66. The van der Waals surface area contributed by atoms with Gasteiger partial charge in [0, 0.05) is 16.6 Å². The maximum atomic E-state index is 12.5. The van der Waals surface area contributed by atoms with Crippen LogP contribution in [0.15, 0.2) is 34.8 Å². The summed E-state index contributed by atoms with van der Waals surface area (Å²) in [6, 6.07) is 9.97. The summed E-state index contributed by atoms with van der Waals surface area (Å²) in [5.74, 6) is 1.34. The standard InChI is InChI=1S/C21H26BrNO3/c1-5-14-8-7-9-15(6-2)21(14)23-20(24)11-10-16-12-18(25-3)19(26-4)13-17(16)22/h7-9,12-13H,5-6,10-11H2,1-4H3,(H,23,24). The molecule has 1 N–H and O–H groups in total. The molecule has 0 bridgehead atoms. The Hall–Kier alpha value is -2.01. The summed E-state index contributed by atoms with van der Waals surface area (Å²) >= 11 is 3.55. The van der Waals surface area contributed by atoms with Crippen molar-refractivity contribution in [2.45, 2.75) is 39.5 Å². The number of hydrogen-bond donors (Lipinski definition) is 1. The Balaban J connectivity index is 2.11. The number of ether oxygens (including phenoxy) is 2. The summed E-state index contributed by atoms with van der Waals surface area (Å²) in [5, 5.41) is 3.11. The van der Waals surface area contributed by atoms with E-state index in [2.05, 4.69) is 47.2 Å². The number of anilines is 1. The molecule has 2 aromatic rings. The SMILES string of the molecule is CCc1cccc(CC)c1NC(=O)CCc1cc(OC)c(OC)cc1Br.